The van der Waals surface area contributed by atoms with Crippen molar-refractivity contribution in [2.24, 2.45) is 0 Å². The fourth-order valence-corrected chi connectivity index (χ4v) is 2.59. The second-order valence-electron chi connectivity index (χ2n) is 5.15. The van der Waals surface area contributed by atoms with Gasteiger partial charge in [-0.3, -0.25) is 4.79 Å². The van der Waals surface area contributed by atoms with Crippen LogP contribution in [0.3, 0.4) is 0 Å². The third-order valence-electron chi connectivity index (χ3n) is 3.67. The van der Waals surface area contributed by atoms with Crippen LogP contribution in [0.4, 0.5) is 0 Å². The van der Waals surface area contributed by atoms with Crippen molar-refractivity contribution in [2.45, 2.75) is 38.5 Å². The van der Waals surface area contributed by atoms with Gasteiger partial charge in [-0.15, -0.1) is 0 Å². The molecule has 2 rings (SSSR count). The van der Waals surface area contributed by atoms with E-state index < -0.39 is 0 Å². The van der Waals surface area contributed by atoms with Gasteiger partial charge in [-0.25, -0.2) is 0 Å². The summed E-state index contributed by atoms with van der Waals surface area (Å²) < 4.78 is 0. The number of hydrogen-bond donors (Lipinski definition) is 0. The Bertz CT molecular complexity index is 353. The first kappa shape index (κ1) is 13.3. The zero-order valence-corrected chi connectivity index (χ0v) is 11.1. The fourth-order valence-electron chi connectivity index (χ4n) is 2.59. The lowest BCUT2D eigenvalue weighted by atomic mass is 10.1. The normalized spacial score (nSPS) is 17.3. The molecular formula is C16H23NO. The molecule has 1 aromatic carbocycles. The molecule has 2 heteroatoms. The summed E-state index contributed by atoms with van der Waals surface area (Å²) in [5.41, 5.74) is 0.855. The van der Waals surface area contributed by atoms with Crippen molar-refractivity contribution in [3.8, 4) is 0 Å². The van der Waals surface area contributed by atoms with Crippen LogP contribution in [0.5, 0.6) is 0 Å². The molecule has 1 aliphatic rings. The van der Waals surface area contributed by atoms with Crippen molar-refractivity contribution in [1.29, 1.82) is 0 Å². The molecule has 0 aromatic heterocycles. The van der Waals surface area contributed by atoms with E-state index in [0.717, 1.165) is 18.5 Å². The fraction of sp³-hybridized carbons (Fsp3) is 0.562. The Morgan fingerprint density at radius 2 is 1.67 bits per heavy atom. The summed E-state index contributed by atoms with van der Waals surface area (Å²) in [5.74, 6) is 0.283. The molecular weight excluding hydrogens is 222 g/mol. The number of benzene rings is 1. The number of likely N-dealkylation sites (tertiary alicyclic amines) is 1. The lowest BCUT2D eigenvalue weighted by Crippen LogP contribution is -2.26. The molecule has 0 saturated carbocycles. The number of nitrogens with zero attached hydrogens (tertiary/aromatic N) is 1. The highest BCUT2D eigenvalue weighted by Crippen LogP contribution is 2.11. The van der Waals surface area contributed by atoms with Gasteiger partial charge in [0.15, 0.2) is 5.78 Å². The third kappa shape index (κ3) is 4.26. The molecule has 0 atom stereocenters. The van der Waals surface area contributed by atoms with Gasteiger partial charge in [0.1, 0.15) is 0 Å². The molecule has 1 fully saturated rings. The number of hydrogen-bond acceptors (Lipinski definition) is 2. The van der Waals surface area contributed by atoms with E-state index in [9.17, 15) is 4.79 Å². The minimum atomic E-state index is 0.283. The number of carbonyl (C=O) groups excluding carboxylic acids is 1. The van der Waals surface area contributed by atoms with Crippen LogP contribution in [-0.2, 0) is 0 Å². The number of rotatable bonds is 5. The molecule has 2 nitrogen and oxygen atoms in total. The van der Waals surface area contributed by atoms with E-state index in [1.54, 1.807) is 0 Å². The van der Waals surface area contributed by atoms with Crippen LogP contribution in [0.25, 0.3) is 0 Å². The Morgan fingerprint density at radius 3 is 2.33 bits per heavy atom. The smallest absolute Gasteiger partial charge is 0.162 e. The first-order valence-corrected chi connectivity index (χ1v) is 7.17. The van der Waals surface area contributed by atoms with Gasteiger partial charge in [-0.05, 0) is 38.9 Å². The maximum absolute atomic E-state index is 11.9. The van der Waals surface area contributed by atoms with E-state index in [-0.39, 0.29) is 5.78 Å². The van der Waals surface area contributed by atoms with E-state index >= 15 is 0 Å². The van der Waals surface area contributed by atoms with E-state index in [1.165, 1.54) is 38.8 Å². The summed E-state index contributed by atoms with van der Waals surface area (Å²) in [6.07, 6.45) is 7.08. The summed E-state index contributed by atoms with van der Waals surface area (Å²) in [6.45, 7) is 3.53. The molecule has 0 bridgehead atoms. The van der Waals surface area contributed by atoms with E-state index in [4.69, 9.17) is 0 Å². The van der Waals surface area contributed by atoms with E-state index in [2.05, 4.69) is 4.90 Å². The molecule has 0 aliphatic carbocycles. The van der Waals surface area contributed by atoms with Crippen molar-refractivity contribution in [2.75, 3.05) is 19.6 Å². The Hall–Kier alpha value is -1.15. The number of ketones is 1. The maximum atomic E-state index is 11.9. The molecule has 1 heterocycles. The minimum Gasteiger partial charge on any atom is -0.303 e. The lowest BCUT2D eigenvalue weighted by Gasteiger charge is -2.19. The van der Waals surface area contributed by atoms with Crippen molar-refractivity contribution in [3.05, 3.63) is 35.9 Å². The Balaban J connectivity index is 1.70. The van der Waals surface area contributed by atoms with Crippen LogP contribution >= 0.6 is 0 Å². The van der Waals surface area contributed by atoms with Crippen LogP contribution < -0.4 is 0 Å². The van der Waals surface area contributed by atoms with Crippen molar-refractivity contribution >= 4 is 5.78 Å². The first-order chi connectivity index (χ1) is 8.86. The van der Waals surface area contributed by atoms with Crippen LogP contribution in [0, 0.1) is 0 Å². The molecule has 0 spiro atoms. The van der Waals surface area contributed by atoms with Gasteiger partial charge < -0.3 is 4.90 Å². The van der Waals surface area contributed by atoms with Gasteiger partial charge in [0, 0.05) is 12.0 Å². The molecule has 0 N–H and O–H groups in total. The molecule has 0 unspecified atom stereocenters. The summed E-state index contributed by atoms with van der Waals surface area (Å²) in [6, 6.07) is 9.64. The zero-order chi connectivity index (χ0) is 12.6. The van der Waals surface area contributed by atoms with Gasteiger partial charge in [-0.2, -0.15) is 0 Å². The van der Waals surface area contributed by atoms with Crippen molar-refractivity contribution in [1.82, 2.24) is 4.90 Å². The molecule has 98 valence electrons. The quantitative estimate of drug-likeness (QED) is 0.740. The van der Waals surface area contributed by atoms with Crippen LogP contribution in [0.1, 0.15) is 48.9 Å². The molecule has 0 radical (unpaired) electrons. The highest BCUT2D eigenvalue weighted by Gasteiger charge is 2.10. The lowest BCUT2D eigenvalue weighted by molar-refractivity contribution is 0.0975. The zero-order valence-electron chi connectivity index (χ0n) is 11.1. The van der Waals surface area contributed by atoms with Gasteiger partial charge >= 0.3 is 0 Å². The summed E-state index contributed by atoms with van der Waals surface area (Å²) in [7, 11) is 0. The topological polar surface area (TPSA) is 20.3 Å². The third-order valence-corrected chi connectivity index (χ3v) is 3.67. The summed E-state index contributed by atoms with van der Waals surface area (Å²) in [4.78, 5) is 14.5. The average Bonchev–Trinajstić information content (AvgIpc) is 2.68. The Kier molecular flexibility index (Phi) is 5.40. The minimum absolute atomic E-state index is 0.283. The Labute approximate surface area is 110 Å². The highest BCUT2D eigenvalue weighted by atomic mass is 16.1. The van der Waals surface area contributed by atoms with Gasteiger partial charge in [0.25, 0.3) is 0 Å². The van der Waals surface area contributed by atoms with E-state index in [1.807, 2.05) is 30.3 Å². The van der Waals surface area contributed by atoms with Gasteiger partial charge in [-0.1, -0.05) is 43.2 Å². The Morgan fingerprint density at radius 1 is 1.00 bits per heavy atom. The average molecular weight is 245 g/mol. The van der Waals surface area contributed by atoms with Crippen LogP contribution in [-0.4, -0.2) is 30.3 Å². The monoisotopic (exact) mass is 245 g/mol. The van der Waals surface area contributed by atoms with Crippen molar-refractivity contribution in [3.63, 3.8) is 0 Å². The standard InChI is InChI=1S/C16H23NO/c18-16(15-9-4-3-5-10-15)11-8-14-17-12-6-1-2-7-13-17/h3-5,9-10H,1-2,6-8,11-14H2. The SMILES string of the molecule is O=C(CCCN1CCCCCC1)c1ccccc1. The van der Waals surface area contributed by atoms with E-state index in [0.29, 0.717) is 6.42 Å². The van der Waals surface area contributed by atoms with Crippen LogP contribution in [0.2, 0.25) is 0 Å². The molecule has 18 heavy (non-hydrogen) atoms. The first-order valence-electron chi connectivity index (χ1n) is 7.17. The molecule has 0 amide bonds. The largest absolute Gasteiger partial charge is 0.303 e. The highest BCUT2D eigenvalue weighted by molar-refractivity contribution is 5.95. The van der Waals surface area contributed by atoms with Crippen LogP contribution in [0.15, 0.2) is 30.3 Å². The number of Topliss-reactive ketones (excluding diaryl/α,β-unsaturated/α-hetero) is 1. The maximum Gasteiger partial charge on any atom is 0.162 e. The molecule has 1 aromatic rings. The number of carbonyl (C=O) groups is 1. The van der Waals surface area contributed by atoms with Crippen molar-refractivity contribution < 1.29 is 4.79 Å². The predicted molar refractivity (Wildman–Crippen MR) is 74.9 cm³/mol. The van der Waals surface area contributed by atoms with Gasteiger partial charge in [0.05, 0.1) is 0 Å². The second-order valence-corrected chi connectivity index (χ2v) is 5.15. The molecule has 1 saturated heterocycles. The molecule has 1 aliphatic heterocycles. The second kappa shape index (κ2) is 7.32. The van der Waals surface area contributed by atoms with Gasteiger partial charge in [0.2, 0.25) is 0 Å². The summed E-state index contributed by atoms with van der Waals surface area (Å²) in [5, 5.41) is 0. The predicted octanol–water partition coefficient (Wildman–Crippen LogP) is 3.53. The summed E-state index contributed by atoms with van der Waals surface area (Å²) >= 11 is 0.